The molecule has 19 heavy (non-hydrogen) atoms. The average Bonchev–Trinajstić information content (AvgIpc) is 2.73. The lowest BCUT2D eigenvalue weighted by molar-refractivity contribution is 0.372. The van der Waals surface area contributed by atoms with Crippen molar-refractivity contribution in [2.75, 3.05) is 0 Å². The van der Waals surface area contributed by atoms with Crippen molar-refractivity contribution >= 4 is 0 Å². The van der Waals surface area contributed by atoms with Crippen LogP contribution in [0.4, 0.5) is 0 Å². The SMILES string of the molecule is CC(C)(C)NCc1nnc(Cc2cccc(O)c2)o1. The van der Waals surface area contributed by atoms with Crippen LogP contribution in [-0.4, -0.2) is 20.8 Å². The molecule has 0 radical (unpaired) electrons. The molecule has 0 aliphatic rings. The number of hydrogen-bond donors (Lipinski definition) is 2. The highest BCUT2D eigenvalue weighted by atomic mass is 16.4. The van der Waals surface area contributed by atoms with Gasteiger partial charge in [0, 0.05) is 5.54 Å². The molecule has 2 N–H and O–H groups in total. The van der Waals surface area contributed by atoms with E-state index in [4.69, 9.17) is 4.42 Å². The number of benzene rings is 1. The van der Waals surface area contributed by atoms with Gasteiger partial charge in [0.05, 0.1) is 13.0 Å². The first kappa shape index (κ1) is 13.5. The van der Waals surface area contributed by atoms with Crippen molar-refractivity contribution in [3.63, 3.8) is 0 Å². The van der Waals surface area contributed by atoms with Crippen LogP contribution >= 0.6 is 0 Å². The summed E-state index contributed by atoms with van der Waals surface area (Å²) in [5.41, 5.74) is 0.957. The van der Waals surface area contributed by atoms with Gasteiger partial charge in [-0.05, 0) is 38.5 Å². The minimum absolute atomic E-state index is 0.0137. The predicted octanol–water partition coefficient (Wildman–Crippen LogP) is 2.25. The fraction of sp³-hybridized carbons (Fsp3) is 0.429. The molecule has 5 nitrogen and oxygen atoms in total. The van der Waals surface area contributed by atoms with Crippen LogP contribution in [0.2, 0.25) is 0 Å². The van der Waals surface area contributed by atoms with Crippen molar-refractivity contribution in [3.05, 3.63) is 41.6 Å². The quantitative estimate of drug-likeness (QED) is 0.883. The third kappa shape index (κ3) is 4.37. The molecule has 0 saturated carbocycles. The van der Waals surface area contributed by atoms with E-state index in [2.05, 4.69) is 36.3 Å². The second kappa shape index (κ2) is 5.40. The second-order valence-corrected chi connectivity index (χ2v) is 5.54. The zero-order valence-electron chi connectivity index (χ0n) is 11.5. The maximum atomic E-state index is 9.39. The zero-order chi connectivity index (χ0) is 13.9. The van der Waals surface area contributed by atoms with Crippen LogP contribution in [0, 0.1) is 0 Å². The van der Waals surface area contributed by atoms with E-state index in [0.717, 1.165) is 5.56 Å². The van der Waals surface area contributed by atoms with Crippen molar-refractivity contribution in [2.45, 2.75) is 39.3 Å². The lowest BCUT2D eigenvalue weighted by Gasteiger charge is -2.18. The molecule has 1 heterocycles. The molecule has 1 aromatic carbocycles. The molecule has 102 valence electrons. The summed E-state index contributed by atoms with van der Waals surface area (Å²) in [7, 11) is 0. The molecule has 5 heteroatoms. The molecule has 0 aliphatic carbocycles. The lowest BCUT2D eigenvalue weighted by atomic mass is 10.1. The Morgan fingerprint density at radius 2 is 1.95 bits per heavy atom. The van der Waals surface area contributed by atoms with Gasteiger partial charge in [-0.1, -0.05) is 12.1 Å². The van der Waals surface area contributed by atoms with Crippen LogP contribution in [0.5, 0.6) is 5.75 Å². The topological polar surface area (TPSA) is 71.2 Å². The molecular formula is C14H19N3O2. The van der Waals surface area contributed by atoms with Gasteiger partial charge in [0.2, 0.25) is 11.8 Å². The third-order valence-corrected chi connectivity index (χ3v) is 2.54. The Morgan fingerprint density at radius 1 is 1.21 bits per heavy atom. The summed E-state index contributed by atoms with van der Waals surface area (Å²) >= 11 is 0. The molecule has 0 bridgehead atoms. The van der Waals surface area contributed by atoms with Crippen LogP contribution in [0.15, 0.2) is 28.7 Å². The Bertz CT molecular complexity index is 544. The van der Waals surface area contributed by atoms with Crippen LogP contribution in [0.1, 0.15) is 38.1 Å². The summed E-state index contributed by atoms with van der Waals surface area (Å²) in [4.78, 5) is 0. The molecule has 0 unspecified atom stereocenters. The van der Waals surface area contributed by atoms with E-state index in [1.165, 1.54) is 0 Å². The minimum Gasteiger partial charge on any atom is -0.508 e. The maximum absolute atomic E-state index is 9.39. The molecule has 2 rings (SSSR count). The first-order valence-corrected chi connectivity index (χ1v) is 6.26. The summed E-state index contributed by atoms with van der Waals surface area (Å²) in [6.45, 7) is 6.79. The normalized spacial score (nSPS) is 11.7. The van der Waals surface area contributed by atoms with Crippen molar-refractivity contribution < 1.29 is 9.52 Å². The van der Waals surface area contributed by atoms with E-state index in [1.54, 1.807) is 18.2 Å². The fourth-order valence-electron chi connectivity index (χ4n) is 1.61. The largest absolute Gasteiger partial charge is 0.508 e. The maximum Gasteiger partial charge on any atom is 0.230 e. The monoisotopic (exact) mass is 261 g/mol. The van der Waals surface area contributed by atoms with Crippen molar-refractivity contribution in [1.29, 1.82) is 0 Å². The van der Waals surface area contributed by atoms with Crippen LogP contribution in [-0.2, 0) is 13.0 Å². The summed E-state index contributed by atoms with van der Waals surface area (Å²) in [5.74, 6) is 1.37. The number of phenolic OH excluding ortho intramolecular Hbond substituents is 1. The highest BCUT2D eigenvalue weighted by Crippen LogP contribution is 2.14. The van der Waals surface area contributed by atoms with Gasteiger partial charge in [-0.3, -0.25) is 0 Å². The van der Waals surface area contributed by atoms with Gasteiger partial charge in [0.25, 0.3) is 0 Å². The first-order valence-electron chi connectivity index (χ1n) is 6.26. The Labute approximate surface area is 112 Å². The lowest BCUT2D eigenvalue weighted by Crippen LogP contribution is -2.35. The van der Waals surface area contributed by atoms with Gasteiger partial charge in [-0.2, -0.15) is 0 Å². The van der Waals surface area contributed by atoms with E-state index < -0.39 is 0 Å². The number of nitrogens with zero attached hydrogens (tertiary/aromatic N) is 2. The summed E-state index contributed by atoms with van der Waals surface area (Å²) in [6, 6.07) is 7.04. The Morgan fingerprint density at radius 3 is 2.63 bits per heavy atom. The number of aromatic nitrogens is 2. The van der Waals surface area contributed by atoms with Crippen molar-refractivity contribution in [1.82, 2.24) is 15.5 Å². The molecule has 0 amide bonds. The molecule has 0 atom stereocenters. The van der Waals surface area contributed by atoms with Gasteiger partial charge in [0.1, 0.15) is 5.75 Å². The molecule has 0 fully saturated rings. The Kier molecular flexibility index (Phi) is 3.85. The summed E-state index contributed by atoms with van der Waals surface area (Å²) < 4.78 is 5.56. The highest BCUT2D eigenvalue weighted by Gasteiger charge is 2.12. The molecule has 1 aromatic heterocycles. The van der Waals surface area contributed by atoms with Crippen molar-refractivity contribution in [3.8, 4) is 5.75 Å². The molecular weight excluding hydrogens is 242 g/mol. The van der Waals surface area contributed by atoms with E-state index in [-0.39, 0.29) is 11.3 Å². The van der Waals surface area contributed by atoms with Gasteiger partial charge in [-0.15, -0.1) is 10.2 Å². The summed E-state index contributed by atoms with van der Waals surface area (Å²) in [5, 5.41) is 20.7. The van der Waals surface area contributed by atoms with E-state index >= 15 is 0 Å². The Hall–Kier alpha value is -1.88. The highest BCUT2D eigenvalue weighted by molar-refractivity contribution is 5.28. The molecule has 0 saturated heterocycles. The zero-order valence-corrected chi connectivity index (χ0v) is 11.5. The number of nitrogens with one attached hydrogen (secondary N) is 1. The van der Waals surface area contributed by atoms with Crippen molar-refractivity contribution in [2.24, 2.45) is 0 Å². The van der Waals surface area contributed by atoms with Gasteiger partial charge < -0.3 is 14.8 Å². The summed E-state index contributed by atoms with van der Waals surface area (Å²) in [6.07, 6.45) is 0.525. The predicted molar refractivity (Wildman–Crippen MR) is 71.8 cm³/mol. The van der Waals surface area contributed by atoms with Gasteiger partial charge >= 0.3 is 0 Å². The first-order chi connectivity index (χ1) is 8.92. The molecule has 0 aliphatic heterocycles. The van der Waals surface area contributed by atoms with Gasteiger partial charge in [0.15, 0.2) is 0 Å². The van der Waals surface area contributed by atoms with E-state index in [0.29, 0.717) is 24.7 Å². The Balaban J connectivity index is 1.97. The fourth-order valence-corrected chi connectivity index (χ4v) is 1.61. The van der Waals surface area contributed by atoms with Gasteiger partial charge in [-0.25, -0.2) is 0 Å². The number of aromatic hydroxyl groups is 1. The van der Waals surface area contributed by atoms with E-state index in [1.807, 2.05) is 6.07 Å². The average molecular weight is 261 g/mol. The van der Waals surface area contributed by atoms with Crippen LogP contribution < -0.4 is 5.32 Å². The number of rotatable bonds is 4. The van der Waals surface area contributed by atoms with Crippen LogP contribution in [0.25, 0.3) is 0 Å². The minimum atomic E-state index is 0.0137. The van der Waals surface area contributed by atoms with Crippen LogP contribution in [0.3, 0.4) is 0 Å². The third-order valence-electron chi connectivity index (χ3n) is 2.54. The standard InChI is InChI=1S/C14H19N3O2/c1-14(2,3)15-9-13-17-16-12(19-13)8-10-5-4-6-11(18)7-10/h4-7,15,18H,8-9H2,1-3H3. The second-order valence-electron chi connectivity index (χ2n) is 5.54. The number of phenols is 1. The number of hydrogen-bond acceptors (Lipinski definition) is 5. The smallest absolute Gasteiger partial charge is 0.230 e. The molecule has 0 spiro atoms. The van der Waals surface area contributed by atoms with E-state index in [9.17, 15) is 5.11 Å². The molecule has 2 aromatic rings.